The Kier molecular flexibility index (Phi) is 1.51. The zero-order valence-corrected chi connectivity index (χ0v) is 6.31. The molecule has 2 rings (SSSR count). The van der Waals surface area contributed by atoms with E-state index >= 15 is 0 Å². The highest BCUT2D eigenvalue weighted by Crippen LogP contribution is 2.00. The minimum Gasteiger partial charge on any atom is -0.321 e. The number of aromatic nitrogens is 2. The van der Waals surface area contributed by atoms with Crippen molar-refractivity contribution in [3.63, 3.8) is 0 Å². The first-order chi connectivity index (χ1) is 5.92. The van der Waals surface area contributed by atoms with Gasteiger partial charge in [-0.05, 0) is 6.07 Å². The van der Waals surface area contributed by atoms with Crippen LogP contribution in [0.25, 0.3) is 0 Å². The third kappa shape index (κ3) is 0.931. The van der Waals surface area contributed by atoms with Crippen LogP contribution in [-0.2, 0) is 6.54 Å². The Morgan fingerprint density at radius 3 is 3.42 bits per heavy atom. The van der Waals surface area contributed by atoms with Crippen molar-refractivity contribution in [1.29, 1.82) is 0 Å². The number of nitrogens with two attached hydrogens (primary N) is 1. The Labute approximate surface area is 68.7 Å². The van der Waals surface area contributed by atoms with Gasteiger partial charge >= 0.3 is 0 Å². The lowest BCUT2D eigenvalue weighted by Crippen LogP contribution is -2.21. The molecule has 0 saturated heterocycles. The van der Waals surface area contributed by atoms with Crippen molar-refractivity contribution < 1.29 is 0 Å². The van der Waals surface area contributed by atoms with Crippen molar-refractivity contribution in [2.45, 2.75) is 6.54 Å². The molecule has 0 unspecified atom stereocenters. The van der Waals surface area contributed by atoms with Gasteiger partial charge in [0, 0.05) is 12.4 Å². The van der Waals surface area contributed by atoms with Crippen LogP contribution in [-0.4, -0.2) is 21.8 Å². The number of nitrogens with one attached hydrogen (secondary N) is 1. The second kappa shape index (κ2) is 2.65. The molecule has 6 heteroatoms. The van der Waals surface area contributed by atoms with Gasteiger partial charge < -0.3 is 5.84 Å². The summed E-state index contributed by atoms with van der Waals surface area (Å²) in [6, 6.07) is 1.83. The van der Waals surface area contributed by atoms with Crippen LogP contribution in [0.1, 0.15) is 5.69 Å². The van der Waals surface area contributed by atoms with Gasteiger partial charge in [0.1, 0.15) is 5.69 Å². The number of hydrogen-bond donors (Lipinski definition) is 2. The summed E-state index contributed by atoms with van der Waals surface area (Å²) in [5.74, 6) is 5.69. The van der Waals surface area contributed by atoms with Gasteiger partial charge in [0.15, 0.2) is 5.84 Å². The van der Waals surface area contributed by atoms with Gasteiger partial charge in [-0.15, -0.1) is 0 Å². The quantitative estimate of drug-likeness (QED) is 0.385. The molecule has 0 fully saturated rings. The molecule has 0 atom stereocenters. The lowest BCUT2D eigenvalue weighted by Gasteiger charge is -2.01. The molecule has 0 spiro atoms. The predicted octanol–water partition coefficient (Wildman–Crippen LogP) is -0.908. The summed E-state index contributed by atoms with van der Waals surface area (Å²) in [6.07, 6.45) is 3.40. The van der Waals surface area contributed by atoms with E-state index in [-0.39, 0.29) is 0 Å². The van der Waals surface area contributed by atoms with E-state index in [0.29, 0.717) is 12.4 Å². The van der Waals surface area contributed by atoms with Gasteiger partial charge in [-0.3, -0.25) is 10.1 Å². The van der Waals surface area contributed by atoms with Crippen molar-refractivity contribution in [3.8, 4) is 0 Å². The van der Waals surface area contributed by atoms with E-state index in [1.807, 2.05) is 6.07 Å². The molecule has 12 heavy (non-hydrogen) atoms. The second-order valence-electron chi connectivity index (χ2n) is 2.30. The first-order valence-electron chi connectivity index (χ1n) is 3.49. The van der Waals surface area contributed by atoms with Crippen LogP contribution < -0.4 is 11.3 Å². The fourth-order valence-electron chi connectivity index (χ4n) is 1.06. The first kappa shape index (κ1) is 6.84. The molecule has 1 aromatic rings. The molecule has 1 aromatic heterocycles. The Hall–Kier alpha value is -1.85. The van der Waals surface area contributed by atoms with Crippen molar-refractivity contribution in [3.05, 3.63) is 18.0 Å². The van der Waals surface area contributed by atoms with E-state index in [1.54, 1.807) is 17.1 Å². The minimum absolute atomic E-state index is 0.529. The molecule has 0 amide bonds. The zero-order valence-electron chi connectivity index (χ0n) is 6.31. The maximum Gasteiger partial charge on any atom is 0.191 e. The number of rotatable bonds is 0. The first-order valence-corrected chi connectivity index (χ1v) is 3.49. The van der Waals surface area contributed by atoms with Crippen molar-refractivity contribution in [1.82, 2.24) is 15.2 Å². The molecular formula is C6H8N6. The summed E-state index contributed by atoms with van der Waals surface area (Å²) < 4.78 is 1.76. The third-order valence-corrected chi connectivity index (χ3v) is 1.60. The van der Waals surface area contributed by atoms with Crippen LogP contribution in [0.5, 0.6) is 0 Å². The van der Waals surface area contributed by atoms with E-state index in [9.17, 15) is 0 Å². The zero-order chi connectivity index (χ0) is 8.39. The second-order valence-corrected chi connectivity index (χ2v) is 2.30. The summed E-state index contributed by atoms with van der Waals surface area (Å²) in [4.78, 5) is 0. The SMILES string of the molecule is N/N=C1\NN=CCn2nccc21. The van der Waals surface area contributed by atoms with Crippen molar-refractivity contribution >= 4 is 12.1 Å². The summed E-state index contributed by atoms with van der Waals surface area (Å²) in [7, 11) is 0. The van der Waals surface area contributed by atoms with Crippen LogP contribution in [0.4, 0.5) is 0 Å². The Morgan fingerprint density at radius 2 is 2.58 bits per heavy atom. The van der Waals surface area contributed by atoms with Gasteiger partial charge in [-0.1, -0.05) is 0 Å². The van der Waals surface area contributed by atoms with Gasteiger partial charge in [0.2, 0.25) is 0 Å². The maximum atomic E-state index is 5.16. The molecule has 2 heterocycles. The molecular weight excluding hydrogens is 156 g/mol. The fourth-order valence-corrected chi connectivity index (χ4v) is 1.06. The Balaban J connectivity index is 2.50. The van der Waals surface area contributed by atoms with E-state index in [4.69, 9.17) is 5.84 Å². The molecule has 0 radical (unpaired) electrons. The van der Waals surface area contributed by atoms with Crippen molar-refractivity contribution in [2.24, 2.45) is 16.0 Å². The highest BCUT2D eigenvalue weighted by molar-refractivity contribution is 5.97. The standard InChI is InChI=1S/C6H8N6/c7-10-6-5-1-2-9-12(5)4-3-8-11-6/h1-3H,4,7H2,(H,10,11). The fraction of sp³-hybridized carbons (Fsp3) is 0.167. The summed E-state index contributed by atoms with van der Waals surface area (Å²) in [5, 5.41) is 11.5. The van der Waals surface area contributed by atoms with Crippen LogP contribution in [0.15, 0.2) is 22.5 Å². The van der Waals surface area contributed by atoms with E-state index in [0.717, 1.165) is 5.69 Å². The monoisotopic (exact) mass is 164 g/mol. The Morgan fingerprint density at radius 1 is 1.67 bits per heavy atom. The summed E-state index contributed by atoms with van der Waals surface area (Å²) in [6.45, 7) is 0.633. The van der Waals surface area contributed by atoms with E-state index in [1.165, 1.54) is 0 Å². The number of hydrogen-bond acceptors (Lipinski definition) is 4. The molecule has 3 N–H and O–H groups in total. The van der Waals surface area contributed by atoms with Gasteiger partial charge in [0.25, 0.3) is 0 Å². The third-order valence-electron chi connectivity index (χ3n) is 1.60. The topological polar surface area (TPSA) is 80.6 Å². The maximum absolute atomic E-state index is 5.16. The summed E-state index contributed by atoms with van der Waals surface area (Å²) >= 11 is 0. The average Bonchev–Trinajstić information content (AvgIpc) is 2.46. The molecule has 1 aliphatic heterocycles. The Bertz CT molecular complexity index is 336. The largest absolute Gasteiger partial charge is 0.321 e. The minimum atomic E-state index is 0.529. The van der Waals surface area contributed by atoms with Crippen LogP contribution in [0.3, 0.4) is 0 Å². The van der Waals surface area contributed by atoms with Crippen LogP contribution >= 0.6 is 0 Å². The molecule has 0 aliphatic carbocycles. The normalized spacial score (nSPS) is 18.5. The predicted molar refractivity (Wildman–Crippen MR) is 44.6 cm³/mol. The van der Waals surface area contributed by atoms with Gasteiger partial charge in [-0.25, -0.2) is 0 Å². The number of amidine groups is 1. The van der Waals surface area contributed by atoms with E-state index < -0.39 is 0 Å². The van der Waals surface area contributed by atoms with Gasteiger partial charge in [-0.2, -0.15) is 15.3 Å². The van der Waals surface area contributed by atoms with Crippen molar-refractivity contribution in [2.75, 3.05) is 0 Å². The van der Waals surface area contributed by atoms with Crippen LogP contribution in [0.2, 0.25) is 0 Å². The average molecular weight is 164 g/mol. The lowest BCUT2D eigenvalue weighted by molar-refractivity contribution is 0.726. The number of fused-ring (bicyclic) bond motifs is 1. The molecule has 62 valence electrons. The van der Waals surface area contributed by atoms with Crippen LogP contribution in [0, 0.1) is 0 Å². The molecule has 0 aromatic carbocycles. The molecule has 0 bridgehead atoms. The number of nitrogens with zero attached hydrogens (tertiary/aromatic N) is 4. The highest BCUT2D eigenvalue weighted by atomic mass is 15.4. The molecule has 1 aliphatic rings. The highest BCUT2D eigenvalue weighted by Gasteiger charge is 2.10. The lowest BCUT2D eigenvalue weighted by atomic mass is 10.4. The molecule has 6 nitrogen and oxygen atoms in total. The van der Waals surface area contributed by atoms with Gasteiger partial charge in [0.05, 0.1) is 6.54 Å². The molecule has 0 saturated carbocycles. The smallest absolute Gasteiger partial charge is 0.191 e. The van der Waals surface area contributed by atoms with E-state index in [2.05, 4.69) is 20.7 Å². The summed E-state index contributed by atoms with van der Waals surface area (Å²) in [5.41, 5.74) is 3.55. The number of hydrazone groups is 2.